The monoisotopic (exact) mass is 275 g/mol. The molecule has 0 spiro atoms. The number of nitrogens with one attached hydrogen (secondary N) is 1. The summed E-state index contributed by atoms with van der Waals surface area (Å²) < 4.78 is 0. The van der Waals surface area contributed by atoms with E-state index in [1.165, 1.54) is 43.6 Å². The normalized spacial score (nSPS) is 19.3. The lowest BCUT2D eigenvalue weighted by molar-refractivity contribution is 0.226. The van der Waals surface area contributed by atoms with Crippen LogP contribution in [0, 0.1) is 0 Å². The van der Waals surface area contributed by atoms with Gasteiger partial charge in [0.05, 0.1) is 0 Å². The number of hydrogen-bond donors (Lipinski definition) is 1. The Labute approximate surface area is 124 Å². The van der Waals surface area contributed by atoms with E-state index in [0.717, 1.165) is 13.1 Å². The van der Waals surface area contributed by atoms with Crippen LogP contribution < -0.4 is 10.2 Å². The summed E-state index contributed by atoms with van der Waals surface area (Å²) in [6, 6.07) is 9.62. The van der Waals surface area contributed by atoms with E-state index in [-0.39, 0.29) is 0 Å². The van der Waals surface area contributed by atoms with E-state index in [1.807, 2.05) is 0 Å². The molecular formula is C17H29N3. The third-order valence-corrected chi connectivity index (χ3v) is 4.20. The van der Waals surface area contributed by atoms with Crippen molar-refractivity contribution in [2.24, 2.45) is 0 Å². The van der Waals surface area contributed by atoms with Crippen LogP contribution in [0.25, 0.3) is 0 Å². The second-order valence-corrected chi connectivity index (χ2v) is 6.04. The van der Waals surface area contributed by atoms with E-state index in [4.69, 9.17) is 0 Å². The molecule has 1 heterocycles. The fourth-order valence-corrected chi connectivity index (χ4v) is 2.85. The van der Waals surface area contributed by atoms with Gasteiger partial charge in [-0.25, -0.2) is 0 Å². The van der Waals surface area contributed by atoms with Crippen molar-refractivity contribution in [1.29, 1.82) is 0 Å². The molecule has 1 aromatic rings. The predicted molar refractivity (Wildman–Crippen MR) is 87.4 cm³/mol. The molecule has 1 N–H and O–H groups in total. The third kappa shape index (κ3) is 4.50. The van der Waals surface area contributed by atoms with E-state index in [1.54, 1.807) is 0 Å². The fraction of sp³-hybridized carbons (Fsp3) is 0.647. The second-order valence-electron chi connectivity index (χ2n) is 6.04. The number of nitrogens with zero attached hydrogens (tertiary/aromatic N) is 2. The van der Waals surface area contributed by atoms with Crippen molar-refractivity contribution in [2.75, 3.05) is 38.6 Å². The molecule has 0 radical (unpaired) electrons. The van der Waals surface area contributed by atoms with Gasteiger partial charge in [-0.15, -0.1) is 0 Å². The van der Waals surface area contributed by atoms with Crippen molar-refractivity contribution in [3.63, 3.8) is 0 Å². The van der Waals surface area contributed by atoms with E-state index in [2.05, 4.69) is 60.4 Å². The first-order chi connectivity index (χ1) is 9.69. The Balaban J connectivity index is 1.88. The Kier molecular flexibility index (Phi) is 5.86. The summed E-state index contributed by atoms with van der Waals surface area (Å²) in [5, 5.41) is 3.65. The summed E-state index contributed by atoms with van der Waals surface area (Å²) in [6.07, 6.45) is 4.05. The smallest absolute Gasteiger partial charge is 0.0361 e. The van der Waals surface area contributed by atoms with Crippen molar-refractivity contribution < 1.29 is 0 Å². The Morgan fingerprint density at radius 2 is 1.90 bits per heavy atom. The Bertz CT molecular complexity index is 380. The molecular weight excluding hydrogens is 246 g/mol. The molecule has 0 aromatic heterocycles. The van der Waals surface area contributed by atoms with E-state index in [0.29, 0.717) is 6.04 Å². The summed E-state index contributed by atoms with van der Waals surface area (Å²) in [5.41, 5.74) is 2.68. The SMILES string of the molecule is CCN(Cc1ccc(N(C)C)cc1)CC1CCCCN1. The molecule has 1 fully saturated rings. The molecule has 2 rings (SSSR count). The zero-order chi connectivity index (χ0) is 14.4. The lowest BCUT2D eigenvalue weighted by Gasteiger charge is -2.30. The molecule has 0 amide bonds. The average Bonchev–Trinajstić information content (AvgIpc) is 2.48. The van der Waals surface area contributed by atoms with Crippen LogP contribution in [0.3, 0.4) is 0 Å². The maximum absolute atomic E-state index is 3.65. The highest BCUT2D eigenvalue weighted by atomic mass is 15.1. The quantitative estimate of drug-likeness (QED) is 0.861. The van der Waals surface area contributed by atoms with Gasteiger partial charge in [0.15, 0.2) is 0 Å². The van der Waals surface area contributed by atoms with E-state index >= 15 is 0 Å². The van der Waals surface area contributed by atoms with Crippen LogP contribution >= 0.6 is 0 Å². The number of anilines is 1. The molecule has 1 aliphatic heterocycles. The summed E-state index contributed by atoms with van der Waals surface area (Å²) in [4.78, 5) is 4.70. The Morgan fingerprint density at radius 1 is 1.15 bits per heavy atom. The first kappa shape index (κ1) is 15.3. The fourth-order valence-electron chi connectivity index (χ4n) is 2.85. The van der Waals surface area contributed by atoms with E-state index < -0.39 is 0 Å². The topological polar surface area (TPSA) is 18.5 Å². The largest absolute Gasteiger partial charge is 0.378 e. The molecule has 0 saturated carbocycles. The highest BCUT2D eigenvalue weighted by molar-refractivity contribution is 5.45. The minimum Gasteiger partial charge on any atom is -0.378 e. The highest BCUT2D eigenvalue weighted by Crippen LogP contribution is 2.15. The van der Waals surface area contributed by atoms with E-state index in [9.17, 15) is 0 Å². The molecule has 3 heteroatoms. The van der Waals surface area contributed by atoms with Gasteiger partial charge in [0, 0.05) is 38.9 Å². The summed E-state index contributed by atoms with van der Waals surface area (Å²) in [5.74, 6) is 0. The molecule has 1 saturated heterocycles. The number of likely N-dealkylation sites (N-methyl/N-ethyl adjacent to an activating group) is 1. The number of hydrogen-bond acceptors (Lipinski definition) is 3. The van der Waals surface area contributed by atoms with Gasteiger partial charge in [-0.2, -0.15) is 0 Å². The van der Waals surface area contributed by atoms with Gasteiger partial charge in [-0.05, 0) is 43.6 Å². The van der Waals surface area contributed by atoms with Crippen molar-refractivity contribution in [2.45, 2.75) is 38.8 Å². The van der Waals surface area contributed by atoms with Crippen LogP contribution in [-0.4, -0.2) is 44.7 Å². The van der Waals surface area contributed by atoms with Crippen LogP contribution in [0.2, 0.25) is 0 Å². The molecule has 1 unspecified atom stereocenters. The zero-order valence-corrected chi connectivity index (χ0v) is 13.2. The lowest BCUT2D eigenvalue weighted by Crippen LogP contribution is -2.43. The molecule has 112 valence electrons. The van der Waals surface area contributed by atoms with Crippen molar-refractivity contribution in [1.82, 2.24) is 10.2 Å². The van der Waals surface area contributed by atoms with Crippen molar-refractivity contribution in [3.05, 3.63) is 29.8 Å². The van der Waals surface area contributed by atoms with Gasteiger partial charge in [-0.3, -0.25) is 4.90 Å². The van der Waals surface area contributed by atoms with Crippen LogP contribution in [0.5, 0.6) is 0 Å². The van der Waals surface area contributed by atoms with Crippen molar-refractivity contribution in [3.8, 4) is 0 Å². The minimum absolute atomic E-state index is 0.685. The first-order valence-corrected chi connectivity index (χ1v) is 7.91. The number of benzene rings is 1. The summed E-state index contributed by atoms with van der Waals surface area (Å²) >= 11 is 0. The highest BCUT2D eigenvalue weighted by Gasteiger charge is 2.15. The van der Waals surface area contributed by atoms with Gasteiger partial charge in [0.25, 0.3) is 0 Å². The van der Waals surface area contributed by atoms with Crippen LogP contribution in [0.4, 0.5) is 5.69 Å². The molecule has 3 nitrogen and oxygen atoms in total. The van der Waals surface area contributed by atoms with Crippen LogP contribution in [-0.2, 0) is 6.54 Å². The average molecular weight is 275 g/mol. The minimum atomic E-state index is 0.685. The predicted octanol–water partition coefficient (Wildman–Crippen LogP) is 2.72. The van der Waals surface area contributed by atoms with Crippen molar-refractivity contribution >= 4 is 5.69 Å². The Morgan fingerprint density at radius 3 is 2.45 bits per heavy atom. The summed E-state index contributed by atoms with van der Waals surface area (Å²) in [7, 11) is 4.17. The lowest BCUT2D eigenvalue weighted by atomic mass is 10.0. The van der Waals surface area contributed by atoms with Gasteiger partial charge >= 0.3 is 0 Å². The zero-order valence-electron chi connectivity index (χ0n) is 13.2. The number of piperidine rings is 1. The maximum atomic E-state index is 3.65. The second kappa shape index (κ2) is 7.65. The van der Waals surface area contributed by atoms with Crippen LogP contribution in [0.1, 0.15) is 31.7 Å². The van der Waals surface area contributed by atoms with Gasteiger partial charge in [-0.1, -0.05) is 25.5 Å². The molecule has 1 aliphatic rings. The Hall–Kier alpha value is -1.06. The summed E-state index contributed by atoms with van der Waals surface area (Å²) in [6.45, 7) is 6.80. The van der Waals surface area contributed by atoms with Gasteiger partial charge in [0.2, 0.25) is 0 Å². The third-order valence-electron chi connectivity index (χ3n) is 4.20. The van der Waals surface area contributed by atoms with Crippen LogP contribution in [0.15, 0.2) is 24.3 Å². The number of rotatable bonds is 6. The van der Waals surface area contributed by atoms with Gasteiger partial charge in [0.1, 0.15) is 0 Å². The van der Waals surface area contributed by atoms with Gasteiger partial charge < -0.3 is 10.2 Å². The standard InChI is InChI=1S/C17H29N3/c1-4-20(14-16-7-5-6-12-18-16)13-15-8-10-17(11-9-15)19(2)3/h8-11,16,18H,4-7,12-14H2,1-3H3. The maximum Gasteiger partial charge on any atom is 0.0361 e. The molecule has 1 atom stereocenters. The molecule has 1 aromatic carbocycles. The molecule has 0 bridgehead atoms. The first-order valence-electron chi connectivity index (χ1n) is 7.91. The molecule has 0 aliphatic carbocycles. The molecule has 20 heavy (non-hydrogen) atoms.